The third kappa shape index (κ3) is 2.52. The van der Waals surface area contributed by atoms with E-state index < -0.39 is 0 Å². The number of fused-ring (bicyclic) bond motifs is 3. The van der Waals surface area contributed by atoms with Gasteiger partial charge < -0.3 is 4.74 Å². The van der Waals surface area contributed by atoms with E-state index in [1.54, 1.807) is 6.20 Å². The van der Waals surface area contributed by atoms with Crippen LogP contribution in [0.25, 0.3) is 10.8 Å². The predicted octanol–water partition coefficient (Wildman–Crippen LogP) is 4.40. The first-order valence-corrected chi connectivity index (χ1v) is 8.66. The Hall–Kier alpha value is -3.24. The summed E-state index contributed by atoms with van der Waals surface area (Å²) in [6.07, 6.45) is 3.29. The van der Waals surface area contributed by atoms with Crippen LogP contribution < -0.4 is 10.1 Å². The average Bonchev–Trinajstić information content (AvgIpc) is 2.74. The zero-order valence-electron chi connectivity index (χ0n) is 14.0. The number of aromatic nitrogens is 2. The molecule has 1 N–H and O–H groups in total. The van der Waals surface area contributed by atoms with Crippen molar-refractivity contribution in [1.82, 2.24) is 15.3 Å². The highest BCUT2D eigenvalue weighted by molar-refractivity contribution is 5.88. The molecule has 5 rings (SSSR count). The minimum atomic E-state index is -0.322. The maximum Gasteiger partial charge on any atom is 0.194 e. The number of rotatable bonds is 2. The summed E-state index contributed by atoms with van der Waals surface area (Å²) in [7, 11) is 0. The molecule has 0 spiro atoms. The first-order chi connectivity index (χ1) is 12.9. The highest BCUT2D eigenvalue weighted by atomic mass is 16.5. The summed E-state index contributed by atoms with van der Waals surface area (Å²) in [6.45, 7) is 0. The minimum absolute atomic E-state index is 0.0712. The molecule has 0 fully saturated rings. The van der Waals surface area contributed by atoms with Gasteiger partial charge in [-0.3, -0.25) is 15.3 Å². The van der Waals surface area contributed by atoms with E-state index in [1.807, 2.05) is 48.7 Å². The van der Waals surface area contributed by atoms with Gasteiger partial charge in [-0.05, 0) is 41.1 Å². The second kappa shape index (κ2) is 6.24. The van der Waals surface area contributed by atoms with Crippen LogP contribution in [0.5, 0.6) is 5.75 Å². The lowest BCUT2D eigenvalue weighted by molar-refractivity contribution is 0.128. The zero-order valence-corrected chi connectivity index (χ0v) is 14.0. The van der Waals surface area contributed by atoms with Crippen molar-refractivity contribution >= 4 is 10.8 Å². The van der Waals surface area contributed by atoms with Crippen LogP contribution in [-0.2, 0) is 0 Å². The van der Waals surface area contributed by atoms with Crippen molar-refractivity contribution in [3.05, 3.63) is 102 Å². The van der Waals surface area contributed by atoms with Crippen LogP contribution in [0.1, 0.15) is 29.2 Å². The Bertz CT molecular complexity index is 1050. The SMILES string of the molecule is c1ccc(C2NC(c3ccccn3)c3c(ccc4ccccc34)O2)nc1. The summed E-state index contributed by atoms with van der Waals surface area (Å²) in [5, 5.41) is 5.95. The number of nitrogens with zero attached hydrogens (tertiary/aromatic N) is 2. The van der Waals surface area contributed by atoms with E-state index in [1.165, 1.54) is 10.8 Å². The lowest BCUT2D eigenvalue weighted by Gasteiger charge is -2.34. The van der Waals surface area contributed by atoms with E-state index in [-0.39, 0.29) is 12.3 Å². The standard InChI is InChI=1S/C22H17N3O/c1-2-8-16-15(7-1)11-12-19-20(16)21(17-9-3-5-13-23-17)25-22(26-19)18-10-4-6-14-24-18/h1-14,21-22,25H. The van der Waals surface area contributed by atoms with Crippen LogP contribution in [0.2, 0.25) is 0 Å². The van der Waals surface area contributed by atoms with Gasteiger partial charge in [0.1, 0.15) is 5.75 Å². The fourth-order valence-corrected chi connectivity index (χ4v) is 3.53. The summed E-state index contributed by atoms with van der Waals surface area (Å²) in [5.74, 6) is 0.869. The van der Waals surface area contributed by atoms with E-state index in [0.717, 1.165) is 22.7 Å². The molecule has 2 unspecified atom stereocenters. The third-order valence-corrected chi connectivity index (χ3v) is 4.72. The van der Waals surface area contributed by atoms with Gasteiger partial charge in [0.15, 0.2) is 6.23 Å². The molecule has 0 amide bonds. The van der Waals surface area contributed by atoms with Gasteiger partial charge in [0.2, 0.25) is 0 Å². The van der Waals surface area contributed by atoms with Gasteiger partial charge in [0, 0.05) is 18.0 Å². The summed E-state index contributed by atoms with van der Waals surface area (Å²) in [6, 6.07) is 24.3. The second-order valence-corrected chi connectivity index (χ2v) is 6.31. The van der Waals surface area contributed by atoms with Crippen molar-refractivity contribution in [2.75, 3.05) is 0 Å². The fourth-order valence-electron chi connectivity index (χ4n) is 3.53. The van der Waals surface area contributed by atoms with Crippen LogP contribution in [0.4, 0.5) is 0 Å². The van der Waals surface area contributed by atoms with Crippen LogP contribution in [0.15, 0.2) is 85.2 Å². The molecule has 2 aromatic heterocycles. The molecular formula is C22H17N3O. The Balaban J connectivity index is 1.70. The minimum Gasteiger partial charge on any atom is -0.469 e. The van der Waals surface area contributed by atoms with E-state index >= 15 is 0 Å². The zero-order chi connectivity index (χ0) is 17.3. The van der Waals surface area contributed by atoms with Gasteiger partial charge in [-0.15, -0.1) is 0 Å². The summed E-state index contributed by atoms with van der Waals surface area (Å²) < 4.78 is 6.28. The first-order valence-electron chi connectivity index (χ1n) is 8.66. The smallest absolute Gasteiger partial charge is 0.194 e. The number of hydrogen-bond donors (Lipinski definition) is 1. The van der Waals surface area contributed by atoms with E-state index in [2.05, 4.69) is 45.6 Å². The van der Waals surface area contributed by atoms with Crippen LogP contribution in [0.3, 0.4) is 0 Å². The van der Waals surface area contributed by atoms with E-state index in [0.29, 0.717) is 0 Å². The van der Waals surface area contributed by atoms with Crippen molar-refractivity contribution in [2.24, 2.45) is 0 Å². The normalized spacial score (nSPS) is 18.9. The van der Waals surface area contributed by atoms with Crippen LogP contribution >= 0.6 is 0 Å². The summed E-state index contributed by atoms with van der Waals surface area (Å²) in [5.41, 5.74) is 2.94. The van der Waals surface area contributed by atoms with E-state index in [4.69, 9.17) is 4.74 Å². The molecule has 4 nitrogen and oxygen atoms in total. The number of nitrogens with one attached hydrogen (secondary N) is 1. The van der Waals surface area contributed by atoms with Gasteiger partial charge in [0.25, 0.3) is 0 Å². The van der Waals surface area contributed by atoms with Gasteiger partial charge in [-0.1, -0.05) is 42.5 Å². The number of hydrogen-bond acceptors (Lipinski definition) is 4. The van der Waals surface area contributed by atoms with Gasteiger partial charge in [-0.25, -0.2) is 0 Å². The monoisotopic (exact) mass is 339 g/mol. The highest BCUT2D eigenvalue weighted by Crippen LogP contribution is 2.41. The molecule has 1 aliphatic rings. The highest BCUT2D eigenvalue weighted by Gasteiger charge is 2.32. The molecule has 2 atom stereocenters. The Kier molecular flexibility index (Phi) is 3.61. The molecule has 4 aromatic rings. The Morgan fingerprint density at radius 2 is 1.46 bits per heavy atom. The molecule has 1 aliphatic heterocycles. The van der Waals surface area contributed by atoms with Crippen LogP contribution in [-0.4, -0.2) is 9.97 Å². The topological polar surface area (TPSA) is 47.0 Å². The quantitative estimate of drug-likeness (QED) is 0.588. The number of pyridine rings is 2. The molecule has 126 valence electrons. The summed E-state index contributed by atoms with van der Waals surface area (Å²) in [4.78, 5) is 9.06. The predicted molar refractivity (Wildman–Crippen MR) is 101 cm³/mol. The second-order valence-electron chi connectivity index (χ2n) is 6.31. The molecule has 2 aromatic carbocycles. The molecule has 0 saturated heterocycles. The first kappa shape index (κ1) is 15.0. The molecule has 0 bridgehead atoms. The lowest BCUT2D eigenvalue weighted by atomic mass is 9.93. The van der Waals surface area contributed by atoms with Crippen molar-refractivity contribution < 1.29 is 4.74 Å². The van der Waals surface area contributed by atoms with Crippen molar-refractivity contribution in [2.45, 2.75) is 12.3 Å². The molecule has 4 heteroatoms. The maximum atomic E-state index is 6.28. The largest absolute Gasteiger partial charge is 0.469 e. The molecule has 0 aliphatic carbocycles. The van der Waals surface area contributed by atoms with Crippen molar-refractivity contribution in [1.29, 1.82) is 0 Å². The van der Waals surface area contributed by atoms with E-state index in [9.17, 15) is 0 Å². The van der Waals surface area contributed by atoms with Crippen LogP contribution in [0, 0.1) is 0 Å². The van der Waals surface area contributed by atoms with Gasteiger partial charge in [-0.2, -0.15) is 0 Å². The molecule has 0 saturated carbocycles. The average molecular weight is 339 g/mol. The maximum absolute atomic E-state index is 6.28. The van der Waals surface area contributed by atoms with Crippen molar-refractivity contribution in [3.8, 4) is 5.75 Å². The number of ether oxygens (including phenoxy) is 1. The van der Waals surface area contributed by atoms with Gasteiger partial charge in [0.05, 0.1) is 17.4 Å². The Morgan fingerprint density at radius 1 is 0.731 bits per heavy atom. The fraction of sp³-hybridized carbons (Fsp3) is 0.0909. The third-order valence-electron chi connectivity index (χ3n) is 4.72. The molecule has 26 heavy (non-hydrogen) atoms. The lowest BCUT2D eigenvalue weighted by Crippen LogP contribution is -2.36. The molecule has 0 radical (unpaired) electrons. The Morgan fingerprint density at radius 3 is 2.23 bits per heavy atom. The Labute approximate surface area is 151 Å². The molecular weight excluding hydrogens is 322 g/mol. The molecule has 3 heterocycles. The summed E-state index contributed by atoms with van der Waals surface area (Å²) >= 11 is 0. The van der Waals surface area contributed by atoms with Crippen molar-refractivity contribution in [3.63, 3.8) is 0 Å². The number of benzene rings is 2. The van der Waals surface area contributed by atoms with Gasteiger partial charge >= 0.3 is 0 Å².